The van der Waals surface area contributed by atoms with Crippen LogP contribution < -0.4 is 0 Å². The zero-order valence-electron chi connectivity index (χ0n) is 4.97. The summed E-state index contributed by atoms with van der Waals surface area (Å²) in [6, 6.07) is 0. The van der Waals surface area contributed by atoms with Crippen molar-refractivity contribution in [2.45, 2.75) is 0 Å². The maximum absolute atomic E-state index is 8.56. The fraction of sp³-hybridized carbons (Fsp3) is 0.167. The second-order valence-corrected chi connectivity index (χ2v) is 2.17. The van der Waals surface area contributed by atoms with Gasteiger partial charge in [0.05, 0.1) is 12.3 Å². The van der Waals surface area contributed by atoms with Crippen molar-refractivity contribution in [1.82, 2.24) is 0 Å². The number of halogens is 1. The molecule has 0 heterocycles. The van der Waals surface area contributed by atoms with Crippen molar-refractivity contribution >= 4 is 22.6 Å². The van der Waals surface area contributed by atoms with E-state index in [2.05, 4.69) is 34.2 Å². The van der Waals surface area contributed by atoms with Crippen molar-refractivity contribution < 1.29 is 5.11 Å². The van der Waals surface area contributed by atoms with Gasteiger partial charge in [-0.25, -0.2) is 0 Å². The third-order valence-electron chi connectivity index (χ3n) is 0.796. The predicted molar refractivity (Wildman–Crippen MR) is 42.8 cm³/mol. The zero-order chi connectivity index (χ0) is 7.28. The van der Waals surface area contributed by atoms with E-state index in [0.717, 1.165) is 0 Å². The summed E-state index contributed by atoms with van der Waals surface area (Å²) in [5.74, 6) is 0. The van der Waals surface area contributed by atoms with Crippen LogP contribution in [-0.4, -0.2) is 18.4 Å². The molecule has 0 aromatic rings. The molecule has 0 unspecified atom stereocenters. The van der Waals surface area contributed by atoms with Crippen LogP contribution in [0.25, 0.3) is 0 Å². The first-order chi connectivity index (χ1) is 4.26. The molecule has 0 amide bonds. The van der Waals surface area contributed by atoms with Crippen LogP contribution in [0.15, 0.2) is 27.8 Å². The molecular weight excluding hydrogens is 182 g/mol. The fourth-order valence-corrected chi connectivity index (χ4v) is 0.570. The number of hydrogen-bond acceptors (Lipinski definition) is 2. The number of rotatable bonds is 3. The maximum Gasteiger partial charge on any atom is 0.0864 e. The van der Waals surface area contributed by atoms with Gasteiger partial charge in [-0.05, 0) is 22.6 Å². The van der Waals surface area contributed by atoms with Gasteiger partial charge in [-0.1, -0.05) is 12.7 Å². The van der Waals surface area contributed by atoms with Crippen LogP contribution in [0.4, 0.5) is 0 Å². The molecule has 0 aliphatic rings. The molecule has 0 aromatic heterocycles. The Morgan fingerprint density at radius 3 is 2.44 bits per heavy atom. The lowest BCUT2D eigenvalue weighted by Crippen LogP contribution is -1.86. The van der Waals surface area contributed by atoms with Crippen LogP contribution >= 0.6 is 15.9 Å². The van der Waals surface area contributed by atoms with E-state index in [4.69, 9.17) is 5.11 Å². The molecule has 0 radical (unpaired) electrons. The number of allylic oxidation sites excluding steroid dienone is 2. The number of hydrogen-bond donors (Lipinski definition) is 1. The lowest BCUT2D eigenvalue weighted by Gasteiger charge is -1.94. The minimum absolute atomic E-state index is 0.115. The highest BCUT2D eigenvalue weighted by Crippen LogP contribution is 2.12. The normalized spacial score (nSPS) is 12.2. The van der Waals surface area contributed by atoms with E-state index in [1.165, 1.54) is 0 Å². The first-order valence-corrected chi connectivity index (χ1v) is 3.14. The van der Waals surface area contributed by atoms with Gasteiger partial charge in [0.25, 0.3) is 0 Å². The van der Waals surface area contributed by atoms with Crippen molar-refractivity contribution in [1.29, 1.82) is 0 Å². The lowest BCUT2D eigenvalue weighted by molar-refractivity contribution is 0.330. The summed E-state index contributed by atoms with van der Waals surface area (Å²) in [5, 5.41) is 8.56. The number of aliphatic hydroxyl groups is 1. The largest absolute Gasteiger partial charge is 0.390 e. The Labute approximate surface area is 62.7 Å². The van der Waals surface area contributed by atoms with Crippen molar-refractivity contribution in [3.63, 3.8) is 0 Å². The number of nitrogens with zero attached hydrogens (tertiary/aromatic N) is 1. The zero-order valence-corrected chi connectivity index (χ0v) is 6.56. The Kier molecular flexibility index (Phi) is 4.26. The molecule has 0 aliphatic carbocycles. The van der Waals surface area contributed by atoms with Gasteiger partial charge in [0.15, 0.2) is 0 Å². The highest BCUT2D eigenvalue weighted by atomic mass is 79.9. The highest BCUT2D eigenvalue weighted by molar-refractivity contribution is 9.11. The number of aliphatic imine (C=N–C) groups is 1. The first kappa shape index (κ1) is 8.59. The molecule has 50 valence electrons. The molecular formula is C6H8BrNO. The van der Waals surface area contributed by atoms with E-state index in [1.54, 1.807) is 6.08 Å². The quantitative estimate of drug-likeness (QED) is 0.530. The standard InChI is InChI=1S/C6H8BrNO/c1-3-5(7)6(4-9)8-2/h3,9H,1-2,4H2/b6-5+. The average molecular weight is 190 g/mol. The SMILES string of the molecule is C=C/C(Br)=C(/CO)N=C. The van der Waals surface area contributed by atoms with Crippen LogP contribution in [0, 0.1) is 0 Å². The molecule has 0 atom stereocenters. The minimum atomic E-state index is -0.115. The highest BCUT2D eigenvalue weighted by Gasteiger charge is 1.93. The summed E-state index contributed by atoms with van der Waals surface area (Å²) < 4.78 is 0.681. The van der Waals surface area contributed by atoms with Gasteiger partial charge in [0, 0.05) is 4.48 Å². The first-order valence-electron chi connectivity index (χ1n) is 2.35. The Hall–Kier alpha value is -0.410. The van der Waals surface area contributed by atoms with E-state index in [1.807, 2.05) is 0 Å². The molecule has 9 heavy (non-hydrogen) atoms. The maximum atomic E-state index is 8.56. The van der Waals surface area contributed by atoms with Crippen LogP contribution in [-0.2, 0) is 0 Å². The van der Waals surface area contributed by atoms with Gasteiger partial charge >= 0.3 is 0 Å². The van der Waals surface area contributed by atoms with Crippen molar-refractivity contribution in [2.75, 3.05) is 6.61 Å². The van der Waals surface area contributed by atoms with Gasteiger partial charge in [-0.2, -0.15) is 0 Å². The summed E-state index contributed by atoms with van der Waals surface area (Å²) >= 11 is 3.13. The summed E-state index contributed by atoms with van der Waals surface area (Å²) in [4.78, 5) is 3.54. The van der Waals surface area contributed by atoms with Crippen LogP contribution in [0.5, 0.6) is 0 Å². The van der Waals surface area contributed by atoms with E-state index >= 15 is 0 Å². The molecule has 0 aromatic carbocycles. The molecule has 0 saturated heterocycles. The Bertz CT molecular complexity index is 151. The van der Waals surface area contributed by atoms with Gasteiger partial charge in [-0.3, -0.25) is 4.99 Å². The Balaban J connectivity index is 4.36. The molecule has 2 nitrogen and oxygen atoms in total. The Morgan fingerprint density at radius 1 is 1.78 bits per heavy atom. The van der Waals surface area contributed by atoms with Gasteiger partial charge in [-0.15, -0.1) is 0 Å². The van der Waals surface area contributed by atoms with E-state index in [9.17, 15) is 0 Å². The van der Waals surface area contributed by atoms with Crippen molar-refractivity contribution in [3.05, 3.63) is 22.8 Å². The predicted octanol–water partition coefficient (Wildman–Crippen LogP) is 1.47. The number of aliphatic hydroxyl groups excluding tert-OH is 1. The van der Waals surface area contributed by atoms with Gasteiger partial charge < -0.3 is 5.11 Å². The lowest BCUT2D eigenvalue weighted by atomic mass is 10.4. The average Bonchev–Trinajstić information content (AvgIpc) is 1.90. The van der Waals surface area contributed by atoms with E-state index in [0.29, 0.717) is 10.2 Å². The van der Waals surface area contributed by atoms with Gasteiger partial charge in [0.2, 0.25) is 0 Å². The Morgan fingerprint density at radius 2 is 2.33 bits per heavy atom. The van der Waals surface area contributed by atoms with Crippen molar-refractivity contribution in [3.8, 4) is 0 Å². The fourth-order valence-electron chi connectivity index (χ4n) is 0.319. The van der Waals surface area contributed by atoms with E-state index in [-0.39, 0.29) is 6.61 Å². The molecule has 0 bridgehead atoms. The van der Waals surface area contributed by atoms with Gasteiger partial charge in [0.1, 0.15) is 0 Å². The van der Waals surface area contributed by atoms with Crippen LogP contribution in [0.1, 0.15) is 0 Å². The van der Waals surface area contributed by atoms with Crippen LogP contribution in [0.2, 0.25) is 0 Å². The topological polar surface area (TPSA) is 32.6 Å². The van der Waals surface area contributed by atoms with E-state index < -0.39 is 0 Å². The molecule has 0 saturated carbocycles. The molecule has 3 heteroatoms. The monoisotopic (exact) mass is 189 g/mol. The summed E-state index contributed by atoms with van der Waals surface area (Å²) in [7, 11) is 0. The molecule has 0 rings (SSSR count). The third-order valence-corrected chi connectivity index (χ3v) is 1.58. The third kappa shape index (κ3) is 2.58. The second-order valence-electron chi connectivity index (χ2n) is 1.31. The molecule has 0 aliphatic heterocycles. The summed E-state index contributed by atoms with van der Waals surface area (Å²) in [6.45, 7) is 6.61. The molecule has 0 fully saturated rings. The molecule has 0 spiro atoms. The van der Waals surface area contributed by atoms with Crippen molar-refractivity contribution in [2.24, 2.45) is 4.99 Å². The second kappa shape index (κ2) is 4.47. The minimum Gasteiger partial charge on any atom is -0.390 e. The smallest absolute Gasteiger partial charge is 0.0864 e. The molecule has 1 N–H and O–H groups in total. The summed E-state index contributed by atoms with van der Waals surface area (Å²) in [6.07, 6.45) is 1.56. The van der Waals surface area contributed by atoms with Crippen LogP contribution in [0.3, 0.4) is 0 Å². The summed E-state index contributed by atoms with van der Waals surface area (Å²) in [5.41, 5.74) is 0.505.